The van der Waals surface area contributed by atoms with E-state index >= 15 is 0 Å². The molecule has 0 atom stereocenters. The fourth-order valence-corrected chi connectivity index (χ4v) is 1.95. The lowest BCUT2D eigenvalue weighted by Crippen LogP contribution is -2.44. The van der Waals surface area contributed by atoms with Gasteiger partial charge in [-0.1, -0.05) is 18.2 Å². The van der Waals surface area contributed by atoms with E-state index in [1.807, 2.05) is 54.6 Å². The maximum absolute atomic E-state index is 11.8. The Bertz CT molecular complexity index is 577. The van der Waals surface area contributed by atoms with Crippen LogP contribution in [-0.2, 0) is 0 Å². The normalized spacial score (nSPS) is 13.5. The van der Waals surface area contributed by atoms with E-state index in [0.717, 1.165) is 36.7 Å². The molecule has 2 aromatic rings. The van der Waals surface area contributed by atoms with Gasteiger partial charge in [0.1, 0.15) is 11.5 Å². The van der Waals surface area contributed by atoms with Gasteiger partial charge in [0, 0.05) is 18.8 Å². The summed E-state index contributed by atoms with van der Waals surface area (Å²) in [6.07, 6.45) is 1.09. The molecule has 1 aliphatic heterocycles. The number of nitrogens with zero attached hydrogens (tertiary/aromatic N) is 1. The molecule has 0 bridgehead atoms. The number of anilines is 1. The van der Waals surface area contributed by atoms with Crippen LogP contribution in [0, 0.1) is 0 Å². The Hall–Kier alpha value is -2.49. The SMILES string of the molecule is O=C(Nc1ccc(Oc2ccccc2)cc1)N1CCC1. The van der Waals surface area contributed by atoms with Gasteiger partial charge in [0.05, 0.1) is 0 Å². The van der Waals surface area contributed by atoms with E-state index in [0.29, 0.717) is 0 Å². The number of ether oxygens (including phenoxy) is 1. The molecule has 0 aliphatic carbocycles. The maximum Gasteiger partial charge on any atom is 0.321 e. The second kappa shape index (κ2) is 5.65. The third-order valence-corrected chi connectivity index (χ3v) is 3.23. The van der Waals surface area contributed by atoms with Crippen LogP contribution in [0.2, 0.25) is 0 Å². The quantitative estimate of drug-likeness (QED) is 0.921. The molecular formula is C16H16N2O2. The fourth-order valence-electron chi connectivity index (χ4n) is 1.95. The molecule has 0 saturated carbocycles. The number of nitrogens with one attached hydrogen (secondary N) is 1. The number of hydrogen-bond donors (Lipinski definition) is 1. The summed E-state index contributed by atoms with van der Waals surface area (Å²) in [5, 5.41) is 2.87. The monoisotopic (exact) mass is 268 g/mol. The van der Waals surface area contributed by atoms with Gasteiger partial charge in [-0.15, -0.1) is 0 Å². The third-order valence-electron chi connectivity index (χ3n) is 3.23. The van der Waals surface area contributed by atoms with E-state index in [2.05, 4.69) is 5.32 Å². The molecule has 0 aromatic heterocycles. The number of para-hydroxylation sites is 1. The molecule has 2 amide bonds. The minimum atomic E-state index is -0.0343. The first-order valence-electron chi connectivity index (χ1n) is 6.70. The summed E-state index contributed by atoms with van der Waals surface area (Å²) >= 11 is 0. The van der Waals surface area contributed by atoms with Crippen molar-refractivity contribution in [3.05, 3.63) is 54.6 Å². The largest absolute Gasteiger partial charge is 0.457 e. The number of carbonyl (C=O) groups excluding carboxylic acids is 1. The molecule has 0 spiro atoms. The zero-order valence-corrected chi connectivity index (χ0v) is 11.1. The van der Waals surface area contributed by atoms with Gasteiger partial charge in [0.2, 0.25) is 0 Å². The van der Waals surface area contributed by atoms with Crippen LogP contribution in [0.25, 0.3) is 0 Å². The number of rotatable bonds is 3. The van der Waals surface area contributed by atoms with Crippen LogP contribution >= 0.6 is 0 Å². The molecule has 20 heavy (non-hydrogen) atoms. The van der Waals surface area contributed by atoms with E-state index in [1.54, 1.807) is 4.90 Å². The lowest BCUT2D eigenvalue weighted by molar-refractivity contribution is 0.181. The van der Waals surface area contributed by atoms with Crippen LogP contribution in [0.5, 0.6) is 11.5 Å². The van der Waals surface area contributed by atoms with Crippen LogP contribution < -0.4 is 10.1 Å². The van der Waals surface area contributed by atoms with Gasteiger partial charge in [-0.25, -0.2) is 4.79 Å². The maximum atomic E-state index is 11.8. The number of amides is 2. The van der Waals surface area contributed by atoms with Gasteiger partial charge in [0.15, 0.2) is 0 Å². The molecule has 1 aliphatic rings. The number of urea groups is 1. The molecule has 3 rings (SSSR count). The van der Waals surface area contributed by atoms with Crippen LogP contribution in [-0.4, -0.2) is 24.0 Å². The van der Waals surface area contributed by atoms with Crippen molar-refractivity contribution in [1.82, 2.24) is 4.90 Å². The molecule has 1 heterocycles. The predicted molar refractivity (Wildman–Crippen MR) is 78.2 cm³/mol. The predicted octanol–water partition coefficient (Wildman–Crippen LogP) is 3.72. The highest BCUT2D eigenvalue weighted by Crippen LogP contribution is 2.23. The average molecular weight is 268 g/mol. The van der Waals surface area contributed by atoms with Crippen molar-refractivity contribution < 1.29 is 9.53 Å². The van der Waals surface area contributed by atoms with E-state index in [-0.39, 0.29) is 6.03 Å². The van der Waals surface area contributed by atoms with Crippen LogP contribution in [0.15, 0.2) is 54.6 Å². The van der Waals surface area contributed by atoms with E-state index in [9.17, 15) is 4.79 Å². The van der Waals surface area contributed by atoms with Gasteiger partial charge in [-0.05, 0) is 42.8 Å². The molecule has 4 heteroatoms. The summed E-state index contributed by atoms with van der Waals surface area (Å²) in [6, 6.07) is 16.9. The number of hydrogen-bond acceptors (Lipinski definition) is 2. The summed E-state index contributed by atoms with van der Waals surface area (Å²) in [7, 11) is 0. The summed E-state index contributed by atoms with van der Waals surface area (Å²) in [5.41, 5.74) is 0.780. The van der Waals surface area contributed by atoms with Crippen LogP contribution in [0.4, 0.5) is 10.5 Å². The summed E-state index contributed by atoms with van der Waals surface area (Å²) < 4.78 is 5.69. The van der Waals surface area contributed by atoms with Crippen molar-refractivity contribution in [3.63, 3.8) is 0 Å². The van der Waals surface area contributed by atoms with Gasteiger partial charge < -0.3 is 15.0 Å². The molecule has 1 fully saturated rings. The van der Waals surface area contributed by atoms with E-state index in [1.165, 1.54) is 0 Å². The minimum Gasteiger partial charge on any atom is -0.457 e. The van der Waals surface area contributed by atoms with E-state index < -0.39 is 0 Å². The zero-order valence-electron chi connectivity index (χ0n) is 11.1. The molecule has 4 nitrogen and oxygen atoms in total. The fraction of sp³-hybridized carbons (Fsp3) is 0.188. The molecule has 2 aromatic carbocycles. The summed E-state index contributed by atoms with van der Waals surface area (Å²) in [5.74, 6) is 1.54. The zero-order chi connectivity index (χ0) is 13.8. The smallest absolute Gasteiger partial charge is 0.321 e. The Morgan fingerprint density at radius 3 is 2.20 bits per heavy atom. The summed E-state index contributed by atoms with van der Waals surface area (Å²) in [4.78, 5) is 13.5. The molecule has 1 saturated heterocycles. The van der Waals surface area contributed by atoms with Crippen LogP contribution in [0.3, 0.4) is 0 Å². The Morgan fingerprint density at radius 2 is 1.60 bits per heavy atom. The Kier molecular flexibility index (Phi) is 3.54. The van der Waals surface area contributed by atoms with Crippen molar-refractivity contribution in [1.29, 1.82) is 0 Å². The highest BCUT2D eigenvalue weighted by atomic mass is 16.5. The number of benzene rings is 2. The van der Waals surface area contributed by atoms with Crippen molar-refractivity contribution in [3.8, 4) is 11.5 Å². The average Bonchev–Trinajstić information content (AvgIpc) is 2.40. The first-order valence-corrected chi connectivity index (χ1v) is 6.70. The molecular weight excluding hydrogens is 252 g/mol. The first-order chi connectivity index (χ1) is 9.81. The highest BCUT2D eigenvalue weighted by molar-refractivity contribution is 5.89. The molecule has 0 radical (unpaired) electrons. The lowest BCUT2D eigenvalue weighted by Gasteiger charge is -2.30. The van der Waals surface area contributed by atoms with E-state index in [4.69, 9.17) is 4.74 Å². The standard InChI is InChI=1S/C16H16N2O2/c19-16(18-11-4-12-18)17-13-7-9-15(10-8-13)20-14-5-2-1-3-6-14/h1-3,5-10H,4,11-12H2,(H,17,19). The molecule has 102 valence electrons. The first kappa shape index (κ1) is 12.5. The van der Waals surface area contributed by atoms with Gasteiger partial charge >= 0.3 is 6.03 Å². The van der Waals surface area contributed by atoms with Crippen molar-refractivity contribution in [2.75, 3.05) is 18.4 Å². The van der Waals surface area contributed by atoms with Crippen molar-refractivity contribution in [2.45, 2.75) is 6.42 Å². The number of carbonyl (C=O) groups is 1. The second-order valence-electron chi connectivity index (χ2n) is 4.71. The Labute approximate surface area is 118 Å². The van der Waals surface area contributed by atoms with Gasteiger partial charge in [-0.2, -0.15) is 0 Å². The van der Waals surface area contributed by atoms with Gasteiger partial charge in [0.25, 0.3) is 0 Å². The Balaban J connectivity index is 1.61. The molecule has 0 unspecified atom stereocenters. The Morgan fingerprint density at radius 1 is 0.950 bits per heavy atom. The van der Waals surface area contributed by atoms with Crippen molar-refractivity contribution >= 4 is 11.7 Å². The van der Waals surface area contributed by atoms with Crippen molar-refractivity contribution in [2.24, 2.45) is 0 Å². The second-order valence-corrected chi connectivity index (χ2v) is 4.71. The minimum absolute atomic E-state index is 0.0343. The lowest BCUT2D eigenvalue weighted by atomic mass is 10.2. The molecule has 1 N–H and O–H groups in total. The third kappa shape index (κ3) is 2.91. The summed E-state index contributed by atoms with van der Waals surface area (Å²) in [6.45, 7) is 1.70. The van der Waals surface area contributed by atoms with Gasteiger partial charge in [-0.3, -0.25) is 0 Å². The topological polar surface area (TPSA) is 41.6 Å². The number of likely N-dealkylation sites (tertiary alicyclic amines) is 1. The van der Waals surface area contributed by atoms with Crippen LogP contribution in [0.1, 0.15) is 6.42 Å². The highest BCUT2D eigenvalue weighted by Gasteiger charge is 2.19.